The van der Waals surface area contributed by atoms with Crippen LogP contribution >= 0.6 is 0 Å². The summed E-state index contributed by atoms with van der Waals surface area (Å²) >= 11 is 0. The average molecular weight is 271 g/mol. The lowest BCUT2D eigenvalue weighted by Crippen LogP contribution is -2.14. The molecule has 0 aliphatic heterocycles. The van der Waals surface area contributed by atoms with Gasteiger partial charge >= 0.3 is 0 Å². The highest BCUT2D eigenvalue weighted by atomic mass is 16.5. The van der Waals surface area contributed by atoms with Gasteiger partial charge in [-0.2, -0.15) is 0 Å². The summed E-state index contributed by atoms with van der Waals surface area (Å²) in [7, 11) is 1.70. The van der Waals surface area contributed by atoms with E-state index >= 15 is 0 Å². The summed E-state index contributed by atoms with van der Waals surface area (Å²) in [6, 6.07) is 6.28. The van der Waals surface area contributed by atoms with E-state index in [2.05, 4.69) is 30.5 Å². The second-order valence-corrected chi connectivity index (χ2v) is 5.70. The van der Waals surface area contributed by atoms with Crippen molar-refractivity contribution in [2.24, 2.45) is 0 Å². The van der Waals surface area contributed by atoms with Crippen molar-refractivity contribution in [2.75, 3.05) is 7.11 Å². The van der Waals surface area contributed by atoms with Gasteiger partial charge in [0, 0.05) is 24.2 Å². The number of rotatable bonds is 3. The van der Waals surface area contributed by atoms with Crippen molar-refractivity contribution < 1.29 is 9.84 Å². The van der Waals surface area contributed by atoms with Crippen LogP contribution in [0.2, 0.25) is 0 Å². The average Bonchev–Trinajstić information content (AvgIpc) is 2.89. The Bertz CT molecular complexity index is 668. The van der Waals surface area contributed by atoms with Crippen LogP contribution in [0.4, 0.5) is 0 Å². The number of nitrogens with zero attached hydrogens (tertiary/aromatic N) is 1. The minimum Gasteiger partial charge on any atom is -0.497 e. The molecule has 1 atom stereocenters. The van der Waals surface area contributed by atoms with Crippen molar-refractivity contribution in [2.45, 2.75) is 39.8 Å². The quantitative estimate of drug-likeness (QED) is 0.794. The maximum absolute atomic E-state index is 9.77. The third-order valence-corrected chi connectivity index (χ3v) is 4.34. The van der Waals surface area contributed by atoms with Crippen LogP contribution < -0.4 is 4.74 Å². The molecule has 3 heteroatoms. The van der Waals surface area contributed by atoms with Gasteiger partial charge in [0.25, 0.3) is 0 Å². The zero-order valence-electron chi connectivity index (χ0n) is 12.5. The summed E-state index contributed by atoms with van der Waals surface area (Å²) < 4.78 is 7.60. The molecule has 1 N–H and O–H groups in total. The van der Waals surface area contributed by atoms with Gasteiger partial charge in [-0.3, -0.25) is 0 Å². The molecule has 106 valence electrons. The van der Waals surface area contributed by atoms with Crippen molar-refractivity contribution in [3.05, 3.63) is 40.6 Å². The van der Waals surface area contributed by atoms with E-state index in [1.165, 1.54) is 33.6 Å². The minimum atomic E-state index is -0.348. The molecule has 0 radical (unpaired) electrons. The topological polar surface area (TPSA) is 34.4 Å². The van der Waals surface area contributed by atoms with E-state index in [1.807, 2.05) is 13.0 Å². The molecule has 1 aliphatic carbocycles. The van der Waals surface area contributed by atoms with Gasteiger partial charge in [-0.15, -0.1) is 0 Å². The maximum Gasteiger partial charge on any atom is 0.119 e. The fourth-order valence-corrected chi connectivity index (χ4v) is 3.19. The number of hydrogen-bond donors (Lipinski definition) is 1. The second kappa shape index (κ2) is 4.67. The number of aliphatic hydroxyl groups is 1. The Morgan fingerprint density at radius 2 is 2.10 bits per heavy atom. The molecule has 3 nitrogen and oxygen atoms in total. The predicted molar refractivity (Wildman–Crippen MR) is 80.4 cm³/mol. The third kappa shape index (κ3) is 1.85. The first kappa shape index (κ1) is 13.3. The van der Waals surface area contributed by atoms with E-state index in [1.54, 1.807) is 7.11 Å². The van der Waals surface area contributed by atoms with Gasteiger partial charge < -0.3 is 14.4 Å². The van der Waals surface area contributed by atoms with Crippen molar-refractivity contribution in [3.8, 4) is 17.0 Å². The number of methoxy groups -OCH3 is 1. The van der Waals surface area contributed by atoms with Crippen molar-refractivity contribution in [1.29, 1.82) is 0 Å². The van der Waals surface area contributed by atoms with E-state index < -0.39 is 0 Å². The van der Waals surface area contributed by atoms with Gasteiger partial charge in [0.15, 0.2) is 0 Å². The summed E-state index contributed by atoms with van der Waals surface area (Å²) in [6.45, 7) is 6.78. The maximum atomic E-state index is 9.77. The Morgan fingerprint density at radius 1 is 1.35 bits per heavy atom. The molecule has 20 heavy (non-hydrogen) atoms. The Kier molecular flexibility index (Phi) is 3.09. The van der Waals surface area contributed by atoms with E-state index in [9.17, 15) is 5.11 Å². The van der Waals surface area contributed by atoms with Gasteiger partial charge in [-0.05, 0) is 49.6 Å². The molecular weight excluding hydrogens is 250 g/mol. The Hall–Kier alpha value is -1.74. The van der Waals surface area contributed by atoms with Gasteiger partial charge in [-0.1, -0.05) is 6.07 Å². The highest BCUT2D eigenvalue weighted by molar-refractivity contribution is 5.78. The molecule has 0 amide bonds. The molecular formula is C17H21NO2. The summed E-state index contributed by atoms with van der Waals surface area (Å²) in [4.78, 5) is 0. The lowest BCUT2D eigenvalue weighted by atomic mass is 10.1. The monoisotopic (exact) mass is 271 g/mol. The number of benzene rings is 1. The SMILES string of the molecule is COc1ccc2c(c1)-c1c(c(C)c(C)n1C[C@@H](C)O)C2. The van der Waals surface area contributed by atoms with Gasteiger partial charge in [0.2, 0.25) is 0 Å². The summed E-state index contributed by atoms with van der Waals surface area (Å²) in [5.41, 5.74) is 7.84. The van der Waals surface area contributed by atoms with Crippen LogP contribution in [-0.2, 0) is 13.0 Å². The van der Waals surface area contributed by atoms with Crippen LogP contribution in [0.1, 0.15) is 29.3 Å². The van der Waals surface area contributed by atoms with E-state index in [0.717, 1.165) is 12.2 Å². The fraction of sp³-hybridized carbons (Fsp3) is 0.412. The molecule has 0 unspecified atom stereocenters. The summed E-state index contributed by atoms with van der Waals surface area (Å²) in [6.07, 6.45) is 0.632. The third-order valence-electron chi connectivity index (χ3n) is 4.34. The molecule has 1 aliphatic rings. The van der Waals surface area contributed by atoms with Crippen molar-refractivity contribution in [3.63, 3.8) is 0 Å². The number of hydrogen-bond acceptors (Lipinski definition) is 2. The Balaban J connectivity index is 2.21. The van der Waals surface area contributed by atoms with Gasteiger partial charge in [0.05, 0.1) is 18.9 Å². The second-order valence-electron chi connectivity index (χ2n) is 5.70. The molecule has 1 aromatic heterocycles. The number of aromatic nitrogens is 1. The molecule has 1 aromatic carbocycles. The lowest BCUT2D eigenvalue weighted by molar-refractivity contribution is 0.173. The molecule has 2 aromatic rings. The van der Waals surface area contributed by atoms with E-state index in [0.29, 0.717) is 6.54 Å². The molecule has 3 rings (SSSR count). The van der Waals surface area contributed by atoms with Crippen LogP contribution in [0.5, 0.6) is 5.75 Å². The summed E-state index contributed by atoms with van der Waals surface area (Å²) in [5, 5.41) is 9.77. The molecule has 0 saturated heterocycles. The van der Waals surface area contributed by atoms with Crippen LogP contribution in [0.3, 0.4) is 0 Å². The minimum absolute atomic E-state index is 0.348. The first-order valence-electron chi connectivity index (χ1n) is 7.06. The largest absolute Gasteiger partial charge is 0.497 e. The highest BCUT2D eigenvalue weighted by Crippen LogP contribution is 2.42. The highest BCUT2D eigenvalue weighted by Gasteiger charge is 2.27. The number of ether oxygens (including phenoxy) is 1. The van der Waals surface area contributed by atoms with Gasteiger partial charge in [-0.25, -0.2) is 0 Å². The van der Waals surface area contributed by atoms with Crippen LogP contribution in [-0.4, -0.2) is 22.9 Å². The number of fused-ring (bicyclic) bond motifs is 3. The molecule has 0 spiro atoms. The summed E-state index contributed by atoms with van der Waals surface area (Å²) in [5.74, 6) is 0.886. The van der Waals surface area contributed by atoms with Crippen LogP contribution in [0.15, 0.2) is 18.2 Å². The van der Waals surface area contributed by atoms with Crippen molar-refractivity contribution >= 4 is 0 Å². The predicted octanol–water partition coefficient (Wildman–Crippen LogP) is 3.07. The van der Waals surface area contributed by atoms with Crippen LogP contribution in [0, 0.1) is 13.8 Å². The van der Waals surface area contributed by atoms with E-state index in [4.69, 9.17) is 4.74 Å². The lowest BCUT2D eigenvalue weighted by Gasteiger charge is -2.14. The van der Waals surface area contributed by atoms with E-state index in [-0.39, 0.29) is 6.10 Å². The zero-order valence-corrected chi connectivity index (χ0v) is 12.5. The first-order chi connectivity index (χ1) is 9.52. The smallest absolute Gasteiger partial charge is 0.119 e. The molecule has 1 heterocycles. The van der Waals surface area contributed by atoms with Crippen molar-refractivity contribution in [1.82, 2.24) is 4.57 Å². The van der Waals surface area contributed by atoms with Crippen LogP contribution in [0.25, 0.3) is 11.3 Å². The first-order valence-corrected chi connectivity index (χ1v) is 7.06. The fourth-order valence-electron chi connectivity index (χ4n) is 3.19. The standard InChI is InChI=1S/C17H21NO2/c1-10(19)9-18-12(3)11(2)15-7-13-5-6-14(20-4)8-16(13)17(15)18/h5-6,8,10,19H,7,9H2,1-4H3/t10-/m1/s1. The zero-order chi connectivity index (χ0) is 14.4. The number of aliphatic hydroxyl groups excluding tert-OH is 1. The van der Waals surface area contributed by atoms with Gasteiger partial charge in [0.1, 0.15) is 5.75 Å². The Morgan fingerprint density at radius 3 is 2.75 bits per heavy atom. The molecule has 0 bridgehead atoms. The molecule has 0 saturated carbocycles. The molecule has 0 fully saturated rings. The normalized spacial score (nSPS) is 14.1. The Labute approximate surface area is 119 Å².